The molecule has 0 N–H and O–H groups in total. The van der Waals surface area contributed by atoms with Crippen LogP contribution in [-0.4, -0.2) is 11.7 Å². The number of carbonyl (C=O) groups is 1. The van der Waals surface area contributed by atoms with Crippen molar-refractivity contribution in [2.45, 2.75) is 6.92 Å². The van der Waals surface area contributed by atoms with Crippen LogP contribution in [0.4, 0.5) is 4.39 Å². The fraction of sp³-hybridized carbons (Fsp3) is 0.0588. The molecule has 0 radical (unpaired) electrons. The summed E-state index contributed by atoms with van der Waals surface area (Å²) in [7, 11) is 0. The number of hydrogen-bond donors (Lipinski definition) is 0. The lowest BCUT2D eigenvalue weighted by atomic mass is 10.1. The molecule has 106 valence electrons. The third-order valence-corrected chi connectivity index (χ3v) is 2.75. The molecular formula is C17H14FNO2. The van der Waals surface area contributed by atoms with Crippen LogP contribution in [0.5, 0.6) is 0 Å². The topological polar surface area (TPSA) is 38.7 Å². The maximum Gasteiger partial charge on any atom is 0.358 e. The van der Waals surface area contributed by atoms with Gasteiger partial charge in [-0.1, -0.05) is 47.6 Å². The summed E-state index contributed by atoms with van der Waals surface area (Å²) in [6.45, 7) is 1.68. The van der Waals surface area contributed by atoms with E-state index in [1.54, 1.807) is 25.1 Å². The molecule has 0 bridgehead atoms. The molecule has 21 heavy (non-hydrogen) atoms. The second-order valence-corrected chi connectivity index (χ2v) is 4.34. The van der Waals surface area contributed by atoms with E-state index < -0.39 is 5.97 Å². The minimum absolute atomic E-state index is 0.325. The minimum Gasteiger partial charge on any atom is -0.313 e. The van der Waals surface area contributed by atoms with Gasteiger partial charge in [-0.3, -0.25) is 0 Å². The standard InChI is InChI=1S/C17H14FNO2/c1-13(15-8-10-16(18)11-9-15)19-21-17(20)12-7-14-5-3-2-4-6-14/h2-12H,1H3/b12-7-,19-13?. The van der Waals surface area contributed by atoms with Gasteiger partial charge < -0.3 is 4.84 Å². The molecule has 0 atom stereocenters. The lowest BCUT2D eigenvalue weighted by Crippen LogP contribution is -2.00. The van der Waals surface area contributed by atoms with Gasteiger partial charge in [0.2, 0.25) is 0 Å². The van der Waals surface area contributed by atoms with Crippen LogP contribution in [0.15, 0.2) is 65.8 Å². The molecule has 0 heterocycles. The van der Waals surface area contributed by atoms with Crippen LogP contribution >= 0.6 is 0 Å². The lowest BCUT2D eigenvalue weighted by molar-refractivity contribution is -0.137. The highest BCUT2D eigenvalue weighted by atomic mass is 19.1. The monoisotopic (exact) mass is 283 g/mol. The first-order chi connectivity index (χ1) is 10.1. The Hall–Kier alpha value is -2.75. The molecule has 2 rings (SSSR count). The smallest absolute Gasteiger partial charge is 0.313 e. The molecule has 0 aliphatic carbocycles. The van der Waals surface area contributed by atoms with Crippen LogP contribution in [0, 0.1) is 5.82 Å². The normalized spacial score (nSPS) is 11.6. The van der Waals surface area contributed by atoms with Crippen molar-refractivity contribution in [2.24, 2.45) is 5.16 Å². The van der Waals surface area contributed by atoms with E-state index >= 15 is 0 Å². The Morgan fingerprint density at radius 1 is 1.10 bits per heavy atom. The third kappa shape index (κ3) is 4.69. The van der Waals surface area contributed by atoms with Crippen LogP contribution in [-0.2, 0) is 9.63 Å². The Labute approximate surface area is 122 Å². The molecule has 0 saturated heterocycles. The lowest BCUT2D eigenvalue weighted by Gasteiger charge is -1.99. The van der Waals surface area contributed by atoms with Gasteiger partial charge in [0.25, 0.3) is 0 Å². The minimum atomic E-state index is -0.569. The van der Waals surface area contributed by atoms with E-state index in [9.17, 15) is 9.18 Å². The molecular weight excluding hydrogens is 269 g/mol. The molecule has 0 aliphatic heterocycles. The number of hydrogen-bond acceptors (Lipinski definition) is 3. The Morgan fingerprint density at radius 2 is 1.76 bits per heavy atom. The van der Waals surface area contributed by atoms with Gasteiger partial charge >= 0.3 is 5.97 Å². The summed E-state index contributed by atoms with van der Waals surface area (Å²) >= 11 is 0. The van der Waals surface area contributed by atoms with E-state index in [0.717, 1.165) is 5.56 Å². The first-order valence-electron chi connectivity index (χ1n) is 6.40. The third-order valence-electron chi connectivity index (χ3n) is 2.75. The largest absolute Gasteiger partial charge is 0.358 e. The molecule has 0 aliphatic rings. The van der Waals surface area contributed by atoms with Crippen molar-refractivity contribution in [3.63, 3.8) is 0 Å². The quantitative estimate of drug-likeness (QED) is 0.370. The highest BCUT2D eigenvalue weighted by molar-refractivity contribution is 5.99. The summed E-state index contributed by atoms with van der Waals surface area (Å²) in [5.41, 5.74) is 2.08. The van der Waals surface area contributed by atoms with Gasteiger partial charge in [-0.25, -0.2) is 9.18 Å². The van der Waals surface area contributed by atoms with Gasteiger partial charge in [-0.05, 0) is 36.3 Å². The summed E-state index contributed by atoms with van der Waals surface area (Å²) in [6, 6.07) is 15.2. The maximum absolute atomic E-state index is 12.8. The molecule has 2 aromatic rings. The average Bonchev–Trinajstić information content (AvgIpc) is 2.52. The van der Waals surface area contributed by atoms with Crippen LogP contribution in [0.1, 0.15) is 18.1 Å². The maximum atomic E-state index is 12.8. The van der Waals surface area contributed by atoms with E-state index in [4.69, 9.17) is 4.84 Å². The number of benzene rings is 2. The molecule has 0 unspecified atom stereocenters. The van der Waals surface area contributed by atoms with Gasteiger partial charge in [0, 0.05) is 6.08 Å². The van der Waals surface area contributed by atoms with Gasteiger partial charge in [-0.2, -0.15) is 0 Å². The van der Waals surface area contributed by atoms with Crippen molar-refractivity contribution in [1.82, 2.24) is 0 Å². The Bertz CT molecular complexity index is 661. The van der Waals surface area contributed by atoms with Gasteiger partial charge in [0.15, 0.2) is 0 Å². The zero-order valence-electron chi connectivity index (χ0n) is 11.5. The molecule has 0 amide bonds. The first-order valence-corrected chi connectivity index (χ1v) is 6.40. The van der Waals surface area contributed by atoms with E-state index in [1.165, 1.54) is 18.2 Å². The van der Waals surface area contributed by atoms with Crippen LogP contribution in [0.2, 0.25) is 0 Å². The van der Waals surface area contributed by atoms with Crippen molar-refractivity contribution < 1.29 is 14.0 Å². The summed E-state index contributed by atoms with van der Waals surface area (Å²) in [6.07, 6.45) is 2.95. The Morgan fingerprint density at radius 3 is 2.43 bits per heavy atom. The summed E-state index contributed by atoms with van der Waals surface area (Å²) in [5, 5.41) is 3.73. The first kappa shape index (κ1) is 14.7. The van der Waals surface area contributed by atoms with Crippen LogP contribution in [0.3, 0.4) is 0 Å². The highest BCUT2D eigenvalue weighted by Crippen LogP contribution is 2.05. The van der Waals surface area contributed by atoms with E-state index in [1.807, 2.05) is 30.3 Å². The second-order valence-electron chi connectivity index (χ2n) is 4.34. The summed E-state index contributed by atoms with van der Waals surface area (Å²) in [5.74, 6) is -0.894. The molecule has 0 fully saturated rings. The van der Waals surface area contributed by atoms with E-state index in [2.05, 4.69) is 5.16 Å². The van der Waals surface area contributed by atoms with Crippen molar-refractivity contribution in [3.8, 4) is 0 Å². The van der Waals surface area contributed by atoms with Gasteiger partial charge in [0.1, 0.15) is 5.82 Å². The predicted molar refractivity (Wildman–Crippen MR) is 80.2 cm³/mol. The van der Waals surface area contributed by atoms with Crippen molar-refractivity contribution in [2.75, 3.05) is 0 Å². The van der Waals surface area contributed by atoms with Crippen molar-refractivity contribution >= 4 is 17.8 Å². The average molecular weight is 283 g/mol. The second kappa shape index (κ2) is 7.14. The van der Waals surface area contributed by atoms with Crippen LogP contribution < -0.4 is 0 Å². The molecule has 0 aromatic heterocycles. The van der Waals surface area contributed by atoms with Gasteiger partial charge in [0.05, 0.1) is 5.71 Å². The van der Waals surface area contributed by atoms with Crippen LogP contribution in [0.25, 0.3) is 6.08 Å². The number of nitrogens with zero attached hydrogens (tertiary/aromatic N) is 1. The predicted octanol–water partition coefficient (Wildman–Crippen LogP) is 3.81. The zero-order valence-corrected chi connectivity index (χ0v) is 11.5. The fourth-order valence-electron chi connectivity index (χ4n) is 1.62. The summed E-state index contributed by atoms with van der Waals surface area (Å²) < 4.78 is 12.8. The van der Waals surface area contributed by atoms with E-state index in [0.29, 0.717) is 11.3 Å². The Kier molecular flexibility index (Phi) is 4.99. The van der Waals surface area contributed by atoms with Gasteiger partial charge in [-0.15, -0.1) is 0 Å². The summed E-state index contributed by atoms with van der Waals surface area (Å²) in [4.78, 5) is 16.3. The molecule has 3 nitrogen and oxygen atoms in total. The number of carbonyl (C=O) groups excluding carboxylic acids is 1. The molecule has 4 heteroatoms. The molecule has 0 spiro atoms. The number of rotatable bonds is 4. The Balaban J connectivity index is 1.95. The van der Waals surface area contributed by atoms with Crippen molar-refractivity contribution in [1.29, 1.82) is 0 Å². The fourth-order valence-corrected chi connectivity index (χ4v) is 1.62. The highest BCUT2D eigenvalue weighted by Gasteiger charge is 2.01. The number of halogens is 1. The molecule has 2 aromatic carbocycles. The van der Waals surface area contributed by atoms with E-state index in [-0.39, 0.29) is 5.82 Å². The number of oxime groups is 1. The van der Waals surface area contributed by atoms with Crippen molar-refractivity contribution in [3.05, 3.63) is 77.6 Å². The SMILES string of the molecule is CC(=NOC(=O)/C=C\c1ccccc1)c1ccc(F)cc1. The zero-order chi connectivity index (χ0) is 15.1. The molecule has 0 saturated carbocycles.